The first-order valence-corrected chi connectivity index (χ1v) is 6.14. The predicted octanol–water partition coefficient (Wildman–Crippen LogP) is 3.33. The van der Waals surface area contributed by atoms with E-state index in [0.29, 0.717) is 0 Å². The molecule has 0 bridgehead atoms. The van der Waals surface area contributed by atoms with Gasteiger partial charge in [0.25, 0.3) is 0 Å². The van der Waals surface area contributed by atoms with E-state index in [0.717, 1.165) is 23.4 Å². The maximum atomic E-state index is 5.66. The van der Waals surface area contributed by atoms with Crippen LogP contribution in [0.25, 0.3) is 0 Å². The highest BCUT2D eigenvalue weighted by Crippen LogP contribution is 2.30. The molecule has 1 saturated carbocycles. The zero-order valence-corrected chi connectivity index (χ0v) is 9.69. The quantitative estimate of drug-likeness (QED) is 0.762. The van der Waals surface area contributed by atoms with Crippen LogP contribution in [0.1, 0.15) is 35.6 Å². The average molecular weight is 211 g/mol. The first kappa shape index (κ1) is 9.97. The van der Waals surface area contributed by atoms with Gasteiger partial charge < -0.3 is 4.74 Å². The smallest absolute Gasteiger partial charge is 0.227 e. The molecule has 0 atom stereocenters. The summed E-state index contributed by atoms with van der Waals surface area (Å²) in [6, 6.07) is 0. The van der Waals surface area contributed by atoms with E-state index in [1.165, 1.54) is 30.6 Å². The van der Waals surface area contributed by atoms with Crippen molar-refractivity contribution >= 4 is 11.3 Å². The van der Waals surface area contributed by atoms with Crippen LogP contribution in [0.3, 0.4) is 0 Å². The van der Waals surface area contributed by atoms with Crippen LogP contribution in [-0.4, -0.2) is 11.6 Å². The number of nitrogens with zero attached hydrogens (tertiary/aromatic N) is 1. The standard InChI is InChI=1S/C11H17NOS/c1-8-11(12-9(2)14-8)13-7-6-10-4-3-5-10/h10H,3-7H2,1-2H3. The lowest BCUT2D eigenvalue weighted by Gasteiger charge is -2.24. The predicted molar refractivity (Wildman–Crippen MR) is 59.0 cm³/mol. The van der Waals surface area contributed by atoms with Crippen LogP contribution < -0.4 is 4.74 Å². The maximum absolute atomic E-state index is 5.66. The van der Waals surface area contributed by atoms with Crippen molar-refractivity contribution in [3.05, 3.63) is 9.88 Å². The average Bonchev–Trinajstić information content (AvgIpc) is 2.36. The van der Waals surface area contributed by atoms with E-state index in [4.69, 9.17) is 4.74 Å². The Labute approximate surface area is 89.3 Å². The fourth-order valence-electron chi connectivity index (χ4n) is 1.75. The summed E-state index contributed by atoms with van der Waals surface area (Å²) in [5.41, 5.74) is 0. The van der Waals surface area contributed by atoms with Gasteiger partial charge in [0.2, 0.25) is 5.88 Å². The lowest BCUT2D eigenvalue weighted by Crippen LogP contribution is -2.14. The van der Waals surface area contributed by atoms with Gasteiger partial charge in [-0.15, -0.1) is 11.3 Å². The number of hydrogen-bond acceptors (Lipinski definition) is 3. The van der Waals surface area contributed by atoms with Gasteiger partial charge in [-0.05, 0) is 26.2 Å². The molecule has 1 aliphatic rings. The maximum Gasteiger partial charge on any atom is 0.227 e. The zero-order chi connectivity index (χ0) is 9.97. The van der Waals surface area contributed by atoms with Gasteiger partial charge in [-0.2, -0.15) is 0 Å². The summed E-state index contributed by atoms with van der Waals surface area (Å²) < 4.78 is 5.66. The van der Waals surface area contributed by atoms with E-state index in [-0.39, 0.29) is 0 Å². The molecule has 1 aliphatic carbocycles. The van der Waals surface area contributed by atoms with E-state index in [2.05, 4.69) is 11.9 Å². The van der Waals surface area contributed by atoms with Crippen molar-refractivity contribution in [2.24, 2.45) is 5.92 Å². The second-order valence-corrected chi connectivity index (χ2v) is 5.44. The Morgan fingerprint density at radius 3 is 2.71 bits per heavy atom. The van der Waals surface area contributed by atoms with Crippen molar-refractivity contribution in [2.45, 2.75) is 39.5 Å². The van der Waals surface area contributed by atoms with Crippen molar-refractivity contribution in [3.63, 3.8) is 0 Å². The molecule has 0 N–H and O–H groups in total. The minimum atomic E-state index is 0.842. The van der Waals surface area contributed by atoms with Gasteiger partial charge >= 0.3 is 0 Å². The van der Waals surface area contributed by atoms with Gasteiger partial charge in [0.15, 0.2) is 0 Å². The van der Waals surface area contributed by atoms with E-state index in [1.54, 1.807) is 11.3 Å². The Morgan fingerprint density at radius 1 is 1.43 bits per heavy atom. The molecule has 0 radical (unpaired) electrons. The van der Waals surface area contributed by atoms with Gasteiger partial charge in [0.1, 0.15) is 0 Å². The molecule has 1 aromatic heterocycles. The molecule has 14 heavy (non-hydrogen) atoms. The van der Waals surface area contributed by atoms with Crippen LogP contribution in [0, 0.1) is 19.8 Å². The molecule has 2 rings (SSSR count). The number of aromatic nitrogens is 1. The lowest BCUT2D eigenvalue weighted by molar-refractivity contribution is 0.217. The molecular weight excluding hydrogens is 194 g/mol. The minimum Gasteiger partial charge on any atom is -0.477 e. The fraction of sp³-hybridized carbons (Fsp3) is 0.727. The topological polar surface area (TPSA) is 22.1 Å². The Bertz CT molecular complexity index is 304. The van der Waals surface area contributed by atoms with Gasteiger partial charge in [-0.3, -0.25) is 0 Å². The number of aryl methyl sites for hydroxylation is 2. The van der Waals surface area contributed by atoms with Crippen LogP contribution in [0.4, 0.5) is 0 Å². The third kappa shape index (κ3) is 2.27. The minimum absolute atomic E-state index is 0.842. The third-order valence-electron chi connectivity index (χ3n) is 2.85. The van der Waals surface area contributed by atoms with Gasteiger partial charge in [0, 0.05) is 0 Å². The monoisotopic (exact) mass is 211 g/mol. The van der Waals surface area contributed by atoms with Crippen molar-refractivity contribution in [2.75, 3.05) is 6.61 Å². The van der Waals surface area contributed by atoms with E-state index in [1.807, 2.05) is 6.92 Å². The van der Waals surface area contributed by atoms with E-state index < -0.39 is 0 Å². The second kappa shape index (κ2) is 4.30. The summed E-state index contributed by atoms with van der Waals surface area (Å²) in [4.78, 5) is 5.55. The summed E-state index contributed by atoms with van der Waals surface area (Å²) in [6.07, 6.45) is 5.42. The van der Waals surface area contributed by atoms with E-state index in [9.17, 15) is 0 Å². The molecule has 1 heterocycles. The molecule has 0 saturated heterocycles. The molecule has 1 fully saturated rings. The third-order valence-corrected chi connectivity index (χ3v) is 3.72. The number of hydrogen-bond donors (Lipinski definition) is 0. The molecule has 3 heteroatoms. The highest BCUT2D eigenvalue weighted by Gasteiger charge is 2.17. The first-order chi connectivity index (χ1) is 6.75. The summed E-state index contributed by atoms with van der Waals surface area (Å²) in [5, 5.41) is 1.10. The molecule has 0 aliphatic heterocycles. The molecule has 1 aromatic rings. The molecule has 0 aromatic carbocycles. The van der Waals surface area contributed by atoms with Crippen LogP contribution >= 0.6 is 11.3 Å². The molecule has 0 unspecified atom stereocenters. The van der Waals surface area contributed by atoms with Crippen molar-refractivity contribution in [3.8, 4) is 5.88 Å². The van der Waals surface area contributed by atoms with Gasteiger partial charge in [-0.25, -0.2) is 4.98 Å². The van der Waals surface area contributed by atoms with Gasteiger partial charge in [0.05, 0.1) is 16.5 Å². The zero-order valence-electron chi connectivity index (χ0n) is 8.88. The SMILES string of the molecule is Cc1nc(OCCC2CCC2)c(C)s1. The van der Waals surface area contributed by atoms with Crippen molar-refractivity contribution in [1.82, 2.24) is 4.98 Å². The molecule has 0 spiro atoms. The normalized spacial score (nSPS) is 16.7. The Kier molecular flexibility index (Phi) is 3.06. The molecule has 78 valence electrons. The molecule has 2 nitrogen and oxygen atoms in total. The molecular formula is C11H17NOS. The van der Waals surface area contributed by atoms with Crippen LogP contribution in [0.5, 0.6) is 5.88 Å². The van der Waals surface area contributed by atoms with Crippen LogP contribution in [-0.2, 0) is 0 Å². The Balaban J connectivity index is 1.76. The van der Waals surface area contributed by atoms with Crippen molar-refractivity contribution < 1.29 is 4.74 Å². The largest absolute Gasteiger partial charge is 0.477 e. The number of ether oxygens (including phenoxy) is 1. The second-order valence-electron chi connectivity index (χ2n) is 4.03. The summed E-state index contributed by atoms with van der Waals surface area (Å²) >= 11 is 1.71. The van der Waals surface area contributed by atoms with Crippen molar-refractivity contribution in [1.29, 1.82) is 0 Å². The van der Waals surface area contributed by atoms with Crippen LogP contribution in [0.2, 0.25) is 0 Å². The Hall–Kier alpha value is -0.570. The molecule has 0 amide bonds. The number of thiazole rings is 1. The lowest BCUT2D eigenvalue weighted by atomic mass is 9.83. The van der Waals surface area contributed by atoms with Crippen LogP contribution in [0.15, 0.2) is 0 Å². The summed E-state index contributed by atoms with van der Waals surface area (Å²) in [6.45, 7) is 4.94. The summed E-state index contributed by atoms with van der Waals surface area (Å²) in [5.74, 6) is 1.78. The fourth-order valence-corrected chi connectivity index (χ4v) is 2.51. The van der Waals surface area contributed by atoms with E-state index >= 15 is 0 Å². The first-order valence-electron chi connectivity index (χ1n) is 5.32. The summed E-state index contributed by atoms with van der Waals surface area (Å²) in [7, 11) is 0. The highest BCUT2D eigenvalue weighted by molar-refractivity contribution is 7.11. The highest BCUT2D eigenvalue weighted by atomic mass is 32.1. The number of rotatable bonds is 4. The Morgan fingerprint density at radius 2 is 2.21 bits per heavy atom. The van der Waals surface area contributed by atoms with Gasteiger partial charge in [-0.1, -0.05) is 19.3 Å².